The van der Waals surface area contributed by atoms with Crippen molar-refractivity contribution in [3.8, 4) is 0 Å². The summed E-state index contributed by atoms with van der Waals surface area (Å²) < 4.78 is 4.63. The van der Waals surface area contributed by atoms with Gasteiger partial charge in [-0.15, -0.1) is 11.3 Å². The zero-order chi connectivity index (χ0) is 14.7. The number of carbonyl (C=O) groups excluding carboxylic acids is 2. The summed E-state index contributed by atoms with van der Waals surface area (Å²) in [5.41, 5.74) is 0.422. The number of carboxylic acids is 1. The van der Waals surface area contributed by atoms with Gasteiger partial charge in [0.2, 0.25) is 5.91 Å². The Bertz CT molecular complexity index is 539. The van der Waals surface area contributed by atoms with Gasteiger partial charge in [0.05, 0.1) is 18.7 Å². The second-order valence-corrected chi connectivity index (χ2v) is 5.61. The van der Waals surface area contributed by atoms with Gasteiger partial charge in [-0.3, -0.25) is 9.59 Å². The number of carboxylic acid groups (broad SMARTS) is 1. The van der Waals surface area contributed by atoms with Gasteiger partial charge in [0, 0.05) is 5.92 Å². The highest BCUT2D eigenvalue weighted by atomic mass is 32.1. The van der Waals surface area contributed by atoms with Gasteiger partial charge in [0.15, 0.2) is 0 Å². The maximum Gasteiger partial charge on any atom is 0.350 e. The van der Waals surface area contributed by atoms with Crippen LogP contribution in [0.1, 0.15) is 28.9 Å². The molecule has 1 amide bonds. The zero-order valence-corrected chi connectivity index (χ0v) is 11.7. The first kappa shape index (κ1) is 14.5. The van der Waals surface area contributed by atoms with Gasteiger partial charge in [-0.25, -0.2) is 4.79 Å². The largest absolute Gasteiger partial charge is 0.481 e. The van der Waals surface area contributed by atoms with E-state index in [1.807, 2.05) is 0 Å². The lowest BCUT2D eigenvalue weighted by Gasteiger charge is -2.10. The molecule has 0 saturated heterocycles. The number of methoxy groups -OCH3 is 1. The summed E-state index contributed by atoms with van der Waals surface area (Å²) in [5.74, 6) is -2.36. The van der Waals surface area contributed by atoms with Crippen LogP contribution in [0.5, 0.6) is 0 Å². The number of aliphatic carboxylic acids is 1. The molecule has 1 aliphatic rings. The van der Waals surface area contributed by atoms with Crippen LogP contribution in [0.15, 0.2) is 11.4 Å². The number of hydrogen-bond donors (Lipinski definition) is 2. The number of anilines is 1. The number of hydrogen-bond acceptors (Lipinski definition) is 5. The maximum atomic E-state index is 12.1. The van der Waals surface area contributed by atoms with Crippen molar-refractivity contribution in [3.05, 3.63) is 16.3 Å². The van der Waals surface area contributed by atoms with Gasteiger partial charge < -0.3 is 15.2 Å². The lowest BCUT2D eigenvalue weighted by molar-refractivity contribution is -0.141. The van der Waals surface area contributed by atoms with Crippen LogP contribution in [0.2, 0.25) is 0 Å². The molecule has 0 bridgehead atoms. The molecule has 1 aliphatic carbocycles. The first-order valence-electron chi connectivity index (χ1n) is 6.22. The van der Waals surface area contributed by atoms with Gasteiger partial charge in [-0.2, -0.15) is 0 Å². The molecule has 1 aromatic heterocycles. The monoisotopic (exact) mass is 297 g/mol. The predicted octanol–water partition coefficient (Wildman–Crippen LogP) is 1.97. The molecule has 20 heavy (non-hydrogen) atoms. The van der Waals surface area contributed by atoms with Gasteiger partial charge in [-0.05, 0) is 30.7 Å². The number of nitrogens with one attached hydrogen (secondary N) is 1. The van der Waals surface area contributed by atoms with Crippen LogP contribution in [-0.2, 0) is 14.3 Å². The normalized spacial score (nSPS) is 21.4. The Morgan fingerprint density at radius 3 is 2.65 bits per heavy atom. The summed E-state index contributed by atoms with van der Waals surface area (Å²) in [6, 6.07) is 1.64. The lowest BCUT2D eigenvalue weighted by atomic mass is 10.0. The van der Waals surface area contributed by atoms with Crippen LogP contribution in [0, 0.1) is 11.8 Å². The Morgan fingerprint density at radius 2 is 2.05 bits per heavy atom. The number of amides is 1. The Labute approximate surface area is 119 Å². The molecule has 0 unspecified atom stereocenters. The fraction of sp³-hybridized carbons (Fsp3) is 0.462. The van der Waals surface area contributed by atoms with Crippen molar-refractivity contribution < 1.29 is 24.2 Å². The van der Waals surface area contributed by atoms with Crippen LogP contribution in [0.3, 0.4) is 0 Å². The minimum atomic E-state index is -0.855. The Kier molecular flexibility index (Phi) is 4.39. The van der Waals surface area contributed by atoms with Crippen LogP contribution in [0.25, 0.3) is 0 Å². The average Bonchev–Trinajstić information content (AvgIpc) is 3.06. The molecule has 6 nitrogen and oxygen atoms in total. The number of rotatable bonds is 4. The molecule has 1 aromatic rings. The van der Waals surface area contributed by atoms with Crippen molar-refractivity contribution in [1.29, 1.82) is 0 Å². The van der Waals surface area contributed by atoms with E-state index < -0.39 is 17.9 Å². The summed E-state index contributed by atoms with van der Waals surface area (Å²) in [6.45, 7) is 0. The van der Waals surface area contributed by atoms with E-state index in [-0.39, 0.29) is 11.8 Å². The van der Waals surface area contributed by atoms with Crippen molar-refractivity contribution >= 4 is 34.9 Å². The standard InChI is InChI=1S/C13H15NO5S/c1-19-13(18)10-9(4-5-20-10)14-11(15)7-2-3-8(6-7)12(16)17/h4-5,7-8H,2-3,6H2,1H3,(H,14,15)(H,16,17)/t7-,8+/m1/s1. The summed E-state index contributed by atoms with van der Waals surface area (Å²) in [6.07, 6.45) is 1.42. The van der Waals surface area contributed by atoms with Gasteiger partial charge in [0.1, 0.15) is 4.88 Å². The van der Waals surface area contributed by atoms with Gasteiger partial charge in [-0.1, -0.05) is 0 Å². The van der Waals surface area contributed by atoms with E-state index in [2.05, 4.69) is 10.1 Å². The third kappa shape index (κ3) is 2.98. The van der Waals surface area contributed by atoms with Crippen LogP contribution in [0.4, 0.5) is 5.69 Å². The Balaban J connectivity index is 2.01. The van der Waals surface area contributed by atoms with Crippen molar-refractivity contribution in [3.63, 3.8) is 0 Å². The van der Waals surface area contributed by atoms with E-state index >= 15 is 0 Å². The number of carbonyl (C=O) groups is 3. The number of esters is 1. The van der Waals surface area contributed by atoms with Crippen LogP contribution < -0.4 is 5.32 Å². The van der Waals surface area contributed by atoms with Crippen LogP contribution >= 0.6 is 11.3 Å². The fourth-order valence-corrected chi connectivity index (χ4v) is 3.10. The highest BCUT2D eigenvalue weighted by molar-refractivity contribution is 7.12. The molecule has 2 rings (SSSR count). The first-order chi connectivity index (χ1) is 9.52. The quantitative estimate of drug-likeness (QED) is 0.829. The minimum Gasteiger partial charge on any atom is -0.481 e. The second-order valence-electron chi connectivity index (χ2n) is 4.69. The maximum absolute atomic E-state index is 12.1. The predicted molar refractivity (Wildman–Crippen MR) is 72.8 cm³/mol. The fourth-order valence-electron chi connectivity index (χ4n) is 2.34. The highest BCUT2D eigenvalue weighted by Crippen LogP contribution is 2.32. The lowest BCUT2D eigenvalue weighted by Crippen LogP contribution is -2.22. The second kappa shape index (κ2) is 6.04. The van der Waals surface area contributed by atoms with E-state index in [9.17, 15) is 14.4 Å². The molecule has 1 fully saturated rings. The summed E-state index contributed by atoms with van der Waals surface area (Å²) in [5, 5.41) is 13.3. The molecule has 2 N–H and O–H groups in total. The van der Waals surface area contributed by atoms with E-state index in [1.165, 1.54) is 18.4 Å². The van der Waals surface area contributed by atoms with E-state index in [0.29, 0.717) is 29.8 Å². The molecule has 0 aromatic carbocycles. The molecule has 0 spiro atoms. The number of thiophene rings is 1. The molecule has 1 heterocycles. The third-order valence-corrected chi connectivity index (χ3v) is 4.34. The summed E-state index contributed by atoms with van der Waals surface area (Å²) in [4.78, 5) is 34.8. The zero-order valence-electron chi connectivity index (χ0n) is 10.9. The van der Waals surface area contributed by atoms with Crippen LogP contribution in [-0.4, -0.2) is 30.1 Å². The molecule has 0 radical (unpaired) electrons. The minimum absolute atomic E-state index is 0.239. The van der Waals surface area contributed by atoms with Crippen molar-refractivity contribution in [2.75, 3.05) is 12.4 Å². The highest BCUT2D eigenvalue weighted by Gasteiger charge is 2.34. The third-order valence-electron chi connectivity index (χ3n) is 3.45. The smallest absolute Gasteiger partial charge is 0.350 e. The van der Waals surface area contributed by atoms with E-state index in [1.54, 1.807) is 11.4 Å². The first-order valence-corrected chi connectivity index (χ1v) is 7.10. The van der Waals surface area contributed by atoms with E-state index in [4.69, 9.17) is 5.11 Å². The number of ether oxygens (including phenoxy) is 1. The van der Waals surface area contributed by atoms with Gasteiger partial charge >= 0.3 is 11.9 Å². The molecule has 108 valence electrons. The molecule has 7 heteroatoms. The molecule has 0 aliphatic heterocycles. The summed E-state index contributed by atoms with van der Waals surface area (Å²) in [7, 11) is 1.28. The van der Waals surface area contributed by atoms with Crippen molar-refractivity contribution in [1.82, 2.24) is 0 Å². The summed E-state index contributed by atoms with van der Waals surface area (Å²) >= 11 is 1.19. The average molecular weight is 297 g/mol. The topological polar surface area (TPSA) is 92.7 Å². The SMILES string of the molecule is COC(=O)c1sccc1NC(=O)[C@@H]1CC[C@H](C(=O)O)C1. The van der Waals surface area contributed by atoms with Gasteiger partial charge in [0.25, 0.3) is 0 Å². The molecule has 2 atom stereocenters. The Hall–Kier alpha value is -1.89. The molecular weight excluding hydrogens is 282 g/mol. The molecular formula is C13H15NO5S. The Morgan fingerprint density at radius 1 is 1.35 bits per heavy atom. The van der Waals surface area contributed by atoms with Crippen molar-refractivity contribution in [2.24, 2.45) is 11.8 Å². The van der Waals surface area contributed by atoms with E-state index in [0.717, 1.165) is 0 Å². The van der Waals surface area contributed by atoms with Crippen molar-refractivity contribution in [2.45, 2.75) is 19.3 Å². The molecule has 1 saturated carbocycles.